The third-order valence-electron chi connectivity index (χ3n) is 6.76. The molecule has 188 valence electrons. The van der Waals surface area contributed by atoms with Crippen molar-refractivity contribution in [2.24, 2.45) is 0 Å². The third kappa shape index (κ3) is 4.78. The van der Waals surface area contributed by atoms with Crippen molar-refractivity contribution in [2.75, 3.05) is 51.0 Å². The Morgan fingerprint density at radius 1 is 1.33 bits per heavy atom. The maximum atomic E-state index is 14.2. The predicted octanol–water partition coefficient (Wildman–Crippen LogP) is 2.81. The van der Waals surface area contributed by atoms with Crippen LogP contribution in [0.5, 0.6) is 0 Å². The lowest BCUT2D eigenvalue weighted by Crippen LogP contribution is -2.36. The molecule has 0 spiro atoms. The molecule has 1 aromatic carbocycles. The number of anilines is 2. The summed E-state index contributed by atoms with van der Waals surface area (Å²) >= 11 is 0. The number of carbonyl (C=O) groups excluding carboxylic acids is 1. The van der Waals surface area contributed by atoms with Crippen LogP contribution in [0.4, 0.5) is 15.9 Å². The van der Waals surface area contributed by atoms with Gasteiger partial charge in [0.25, 0.3) is 5.91 Å². The van der Waals surface area contributed by atoms with Gasteiger partial charge in [-0.15, -0.1) is 0 Å². The van der Waals surface area contributed by atoms with Gasteiger partial charge in [-0.2, -0.15) is 0 Å². The lowest BCUT2D eigenvalue weighted by atomic mass is 10.00. The highest BCUT2D eigenvalue weighted by Gasteiger charge is 2.43. The van der Waals surface area contributed by atoms with E-state index in [0.29, 0.717) is 30.8 Å². The number of H-pyrrole nitrogens is 1. The minimum atomic E-state index is -0.597. The molecule has 0 bridgehead atoms. The fourth-order valence-electron chi connectivity index (χ4n) is 4.38. The molecule has 9 nitrogen and oxygen atoms in total. The average Bonchev–Trinajstić information content (AvgIpc) is 3.50. The fourth-order valence-corrected chi connectivity index (χ4v) is 4.38. The lowest BCUT2D eigenvalue weighted by Gasteiger charge is -2.24. The van der Waals surface area contributed by atoms with Gasteiger partial charge in [0.1, 0.15) is 17.3 Å². The highest BCUT2D eigenvalue weighted by Crippen LogP contribution is 2.49. The predicted molar refractivity (Wildman–Crippen MR) is 134 cm³/mol. The number of hydrogen-bond acceptors (Lipinski definition) is 7. The fraction of sp³-hybridized carbons (Fsp3) is 0.423. The van der Waals surface area contributed by atoms with Crippen LogP contribution in [0.3, 0.4) is 0 Å². The summed E-state index contributed by atoms with van der Waals surface area (Å²) in [5.41, 5.74) is 9.07. The summed E-state index contributed by atoms with van der Waals surface area (Å²) in [5.74, 6) is 5.56. The van der Waals surface area contributed by atoms with Gasteiger partial charge in [0.15, 0.2) is 0 Å². The van der Waals surface area contributed by atoms with E-state index in [4.69, 9.17) is 15.2 Å². The minimum Gasteiger partial charge on any atom is -0.383 e. The van der Waals surface area contributed by atoms with Crippen LogP contribution in [0.15, 0.2) is 18.2 Å². The summed E-state index contributed by atoms with van der Waals surface area (Å²) in [6, 6.07) is 4.42. The molecule has 2 aromatic heterocycles. The Labute approximate surface area is 208 Å². The summed E-state index contributed by atoms with van der Waals surface area (Å²) in [6.07, 6.45) is 2.06. The maximum absolute atomic E-state index is 14.2. The van der Waals surface area contributed by atoms with Crippen molar-refractivity contribution in [3.05, 3.63) is 46.7 Å². The second-order valence-corrected chi connectivity index (χ2v) is 9.44. The number of methoxy groups -OCH3 is 1. The first-order valence-electron chi connectivity index (χ1n) is 12.0. The number of benzene rings is 1. The van der Waals surface area contributed by atoms with Crippen molar-refractivity contribution in [2.45, 2.75) is 31.8 Å². The molecule has 36 heavy (non-hydrogen) atoms. The highest BCUT2D eigenvalue weighted by molar-refractivity contribution is 6.04. The topological polar surface area (TPSA) is 118 Å². The molecule has 4 N–H and O–H groups in total. The summed E-state index contributed by atoms with van der Waals surface area (Å²) in [7, 11) is 1.46. The minimum absolute atomic E-state index is 0.00930. The summed E-state index contributed by atoms with van der Waals surface area (Å²) in [4.78, 5) is 27.4. The second-order valence-electron chi connectivity index (χ2n) is 9.44. The van der Waals surface area contributed by atoms with Crippen molar-refractivity contribution in [1.82, 2.24) is 19.9 Å². The van der Waals surface area contributed by atoms with E-state index in [9.17, 15) is 9.18 Å². The van der Waals surface area contributed by atoms with E-state index in [2.05, 4.69) is 43.9 Å². The second kappa shape index (κ2) is 9.85. The van der Waals surface area contributed by atoms with Crippen molar-refractivity contribution in [3.8, 4) is 11.8 Å². The normalized spacial score (nSPS) is 17.0. The van der Waals surface area contributed by atoms with Crippen molar-refractivity contribution in [1.29, 1.82) is 0 Å². The number of carbonyl (C=O) groups is 1. The van der Waals surface area contributed by atoms with Crippen molar-refractivity contribution >= 4 is 28.4 Å². The Balaban J connectivity index is 1.47. The Bertz CT molecular complexity index is 1370. The molecule has 5 rings (SSSR count). The van der Waals surface area contributed by atoms with Gasteiger partial charge in [0.05, 0.1) is 37.3 Å². The molecule has 1 aliphatic heterocycles. The molecule has 3 aromatic rings. The van der Waals surface area contributed by atoms with Gasteiger partial charge in [-0.25, -0.2) is 14.4 Å². The smallest absolute Gasteiger partial charge is 0.293 e. The zero-order valence-electron chi connectivity index (χ0n) is 20.4. The van der Waals surface area contributed by atoms with E-state index in [1.165, 1.54) is 19.2 Å². The van der Waals surface area contributed by atoms with Crippen LogP contribution in [0.2, 0.25) is 0 Å². The van der Waals surface area contributed by atoms with Gasteiger partial charge in [0, 0.05) is 42.6 Å². The number of rotatable bonds is 6. The number of nitrogens with one attached hydrogen (secondary N) is 2. The molecular weight excluding hydrogens is 463 g/mol. The molecule has 3 heterocycles. The van der Waals surface area contributed by atoms with E-state index in [0.717, 1.165) is 37.2 Å². The third-order valence-corrected chi connectivity index (χ3v) is 6.76. The van der Waals surface area contributed by atoms with Crippen LogP contribution < -0.4 is 11.1 Å². The molecule has 2 fully saturated rings. The first kappa shape index (κ1) is 24.2. The van der Waals surface area contributed by atoms with E-state index < -0.39 is 11.7 Å². The number of aromatic amines is 1. The molecule has 0 radical (unpaired) electrons. The number of fused-ring (bicyclic) bond motifs is 1. The van der Waals surface area contributed by atoms with Crippen LogP contribution in [-0.4, -0.2) is 65.7 Å². The number of nitrogen functional groups attached to an aromatic ring is 1. The Morgan fingerprint density at radius 2 is 2.11 bits per heavy atom. The monoisotopic (exact) mass is 492 g/mol. The molecule has 1 saturated carbocycles. The molecule has 0 unspecified atom stereocenters. The summed E-state index contributed by atoms with van der Waals surface area (Å²) in [5, 5.41) is 3.30. The van der Waals surface area contributed by atoms with Gasteiger partial charge in [-0.05, 0) is 25.0 Å². The largest absolute Gasteiger partial charge is 0.383 e. The number of morpholine rings is 1. The molecule has 1 amide bonds. The summed E-state index contributed by atoms with van der Waals surface area (Å²) in [6.45, 7) is 5.95. The van der Waals surface area contributed by atoms with E-state index in [1.807, 2.05) is 0 Å². The lowest BCUT2D eigenvalue weighted by molar-refractivity contribution is 0.0443. The van der Waals surface area contributed by atoms with Gasteiger partial charge >= 0.3 is 0 Å². The van der Waals surface area contributed by atoms with Crippen LogP contribution >= 0.6 is 0 Å². The number of halogens is 1. The van der Waals surface area contributed by atoms with Crippen LogP contribution in [-0.2, 0) is 21.5 Å². The van der Waals surface area contributed by atoms with E-state index >= 15 is 0 Å². The Morgan fingerprint density at radius 3 is 2.83 bits per heavy atom. The number of aromatic nitrogens is 3. The highest BCUT2D eigenvalue weighted by atomic mass is 19.1. The first-order valence-corrected chi connectivity index (χ1v) is 12.0. The van der Waals surface area contributed by atoms with Crippen LogP contribution in [0.25, 0.3) is 11.0 Å². The number of nitrogens with zero attached hydrogens (tertiary/aromatic N) is 3. The van der Waals surface area contributed by atoms with Crippen molar-refractivity contribution < 1.29 is 18.7 Å². The van der Waals surface area contributed by atoms with Gasteiger partial charge in [-0.3, -0.25) is 9.69 Å². The number of ether oxygens (including phenoxy) is 2. The Hall–Kier alpha value is -3.52. The van der Waals surface area contributed by atoms with Gasteiger partial charge in [0.2, 0.25) is 5.82 Å². The molecule has 2 aliphatic rings. The molecular formula is C26H29FN6O3. The average molecular weight is 493 g/mol. The number of nitrogens with two attached hydrogens (primary N) is 1. The van der Waals surface area contributed by atoms with E-state index in [-0.39, 0.29) is 34.9 Å². The number of hydrogen-bond donors (Lipinski definition) is 3. The van der Waals surface area contributed by atoms with Crippen LogP contribution in [0, 0.1) is 17.7 Å². The summed E-state index contributed by atoms with van der Waals surface area (Å²) < 4.78 is 24.7. The molecule has 1 aliphatic carbocycles. The molecule has 10 heteroatoms. The quantitative estimate of drug-likeness (QED) is 0.453. The van der Waals surface area contributed by atoms with Gasteiger partial charge < -0.3 is 25.5 Å². The molecule has 0 atom stereocenters. The van der Waals surface area contributed by atoms with Crippen molar-refractivity contribution in [3.63, 3.8) is 0 Å². The molecule has 1 saturated heterocycles. The zero-order chi connectivity index (χ0) is 25.3. The maximum Gasteiger partial charge on any atom is 0.293 e. The standard InChI is InChI=1S/C26H29FN6O3/c1-26(8-9-26)21-16(5-4-10-33-11-13-36-14-12-33)20-22(28)31-24(32-23(20)30-21)25(34)29-19-7-3-6-18(27)17(19)15-35-2/h3,6-7H,8-15H2,1-2H3,(H,29,34)(H3,28,30,31,32). The van der Waals surface area contributed by atoms with Gasteiger partial charge in [-0.1, -0.05) is 24.8 Å². The SMILES string of the molecule is COCc1c(F)cccc1NC(=O)c1nc(N)c2c(C#CCN3CCOCC3)c(C3(C)CC3)[nH]c2n1. The zero-order valence-corrected chi connectivity index (χ0v) is 20.4. The Kier molecular flexibility index (Phi) is 6.62. The first-order chi connectivity index (χ1) is 17.4. The number of amides is 1. The van der Waals surface area contributed by atoms with Crippen LogP contribution in [0.1, 0.15) is 47.2 Å². The van der Waals surface area contributed by atoms with E-state index in [1.54, 1.807) is 6.07 Å².